The fourth-order valence-corrected chi connectivity index (χ4v) is 2.00. The smallest absolute Gasteiger partial charge is 0.129 e. The van der Waals surface area contributed by atoms with Crippen molar-refractivity contribution in [2.45, 2.75) is 46.0 Å². The number of nitrogens with one attached hydrogen (secondary N) is 1. The summed E-state index contributed by atoms with van der Waals surface area (Å²) in [5, 5.41) is 3.45. The van der Waals surface area contributed by atoms with Gasteiger partial charge in [-0.05, 0) is 31.1 Å². The minimum atomic E-state index is 0.565. The van der Waals surface area contributed by atoms with Crippen molar-refractivity contribution in [1.82, 2.24) is 9.97 Å². The zero-order chi connectivity index (χ0) is 11.4. The molecule has 3 nitrogen and oxygen atoms in total. The van der Waals surface area contributed by atoms with E-state index >= 15 is 0 Å². The molecule has 1 fully saturated rings. The molecule has 0 atom stereocenters. The molecule has 1 aromatic rings. The number of anilines is 1. The molecule has 0 radical (unpaired) electrons. The largest absolute Gasteiger partial charge is 0.369 e. The number of aromatic nitrogens is 2. The minimum absolute atomic E-state index is 0.565. The molecule has 0 amide bonds. The van der Waals surface area contributed by atoms with E-state index in [9.17, 15) is 0 Å². The van der Waals surface area contributed by atoms with Crippen LogP contribution >= 0.6 is 0 Å². The normalized spacial score (nSPS) is 17.1. The second-order valence-corrected chi connectivity index (χ2v) is 4.85. The standard InChI is InChI=1S/C13H21N3/c1-3-5-11-8-12(16-10-15-11)14-9-13(4-2)6-7-13/h8,10H,3-7,9H2,1-2H3,(H,14,15,16). The van der Waals surface area contributed by atoms with Gasteiger partial charge in [0.05, 0.1) is 0 Å². The van der Waals surface area contributed by atoms with Gasteiger partial charge in [-0.15, -0.1) is 0 Å². The maximum atomic E-state index is 4.26. The first-order chi connectivity index (χ1) is 7.78. The van der Waals surface area contributed by atoms with Crippen LogP contribution < -0.4 is 5.32 Å². The van der Waals surface area contributed by atoms with Crippen molar-refractivity contribution >= 4 is 5.82 Å². The molecule has 0 aliphatic heterocycles. The van der Waals surface area contributed by atoms with Gasteiger partial charge in [-0.1, -0.05) is 20.3 Å². The number of rotatable bonds is 6. The molecule has 2 rings (SSSR count). The molecule has 16 heavy (non-hydrogen) atoms. The molecule has 88 valence electrons. The quantitative estimate of drug-likeness (QED) is 0.799. The predicted molar refractivity (Wildman–Crippen MR) is 66.5 cm³/mol. The van der Waals surface area contributed by atoms with Crippen molar-refractivity contribution < 1.29 is 0 Å². The average molecular weight is 219 g/mol. The van der Waals surface area contributed by atoms with E-state index in [2.05, 4.69) is 35.2 Å². The van der Waals surface area contributed by atoms with Crippen LogP contribution in [-0.4, -0.2) is 16.5 Å². The fraction of sp³-hybridized carbons (Fsp3) is 0.692. The Hall–Kier alpha value is -1.12. The first-order valence-electron chi connectivity index (χ1n) is 6.33. The Morgan fingerprint density at radius 3 is 2.75 bits per heavy atom. The predicted octanol–water partition coefficient (Wildman–Crippen LogP) is 3.03. The van der Waals surface area contributed by atoms with Crippen LogP contribution in [0.2, 0.25) is 0 Å². The molecule has 0 bridgehead atoms. The van der Waals surface area contributed by atoms with Crippen LogP contribution in [-0.2, 0) is 6.42 Å². The summed E-state index contributed by atoms with van der Waals surface area (Å²) in [5.41, 5.74) is 1.71. The summed E-state index contributed by atoms with van der Waals surface area (Å²) in [4.78, 5) is 8.52. The third kappa shape index (κ3) is 2.71. The molecule has 0 unspecified atom stereocenters. The van der Waals surface area contributed by atoms with Crippen molar-refractivity contribution in [2.24, 2.45) is 5.41 Å². The lowest BCUT2D eigenvalue weighted by atomic mass is 10.0. The lowest BCUT2D eigenvalue weighted by molar-refractivity contribution is 0.520. The van der Waals surface area contributed by atoms with Crippen LogP contribution in [0.25, 0.3) is 0 Å². The Kier molecular flexibility index (Phi) is 3.42. The SMILES string of the molecule is CCCc1cc(NCC2(CC)CC2)ncn1. The molecule has 3 heteroatoms. The Morgan fingerprint density at radius 1 is 1.31 bits per heavy atom. The van der Waals surface area contributed by atoms with Crippen molar-refractivity contribution in [3.63, 3.8) is 0 Å². The molecule has 0 saturated heterocycles. The van der Waals surface area contributed by atoms with Crippen LogP contribution in [0.5, 0.6) is 0 Å². The van der Waals surface area contributed by atoms with Crippen LogP contribution in [0.3, 0.4) is 0 Å². The van der Waals surface area contributed by atoms with Gasteiger partial charge in [-0.3, -0.25) is 0 Å². The van der Waals surface area contributed by atoms with Gasteiger partial charge in [0.15, 0.2) is 0 Å². The third-order valence-corrected chi connectivity index (χ3v) is 3.58. The van der Waals surface area contributed by atoms with E-state index < -0.39 is 0 Å². The molecule has 0 aromatic carbocycles. The van der Waals surface area contributed by atoms with Crippen LogP contribution in [0.15, 0.2) is 12.4 Å². The Morgan fingerprint density at radius 2 is 2.12 bits per heavy atom. The van der Waals surface area contributed by atoms with Gasteiger partial charge >= 0.3 is 0 Å². The highest BCUT2D eigenvalue weighted by Gasteiger charge is 2.40. The van der Waals surface area contributed by atoms with Gasteiger partial charge in [0.1, 0.15) is 12.1 Å². The van der Waals surface area contributed by atoms with Gasteiger partial charge in [0.25, 0.3) is 0 Å². The van der Waals surface area contributed by atoms with E-state index in [0.29, 0.717) is 5.41 Å². The molecular formula is C13H21N3. The van der Waals surface area contributed by atoms with Gasteiger partial charge in [-0.25, -0.2) is 9.97 Å². The third-order valence-electron chi connectivity index (χ3n) is 3.58. The van der Waals surface area contributed by atoms with Crippen molar-refractivity contribution in [2.75, 3.05) is 11.9 Å². The second kappa shape index (κ2) is 4.81. The van der Waals surface area contributed by atoms with E-state index in [-0.39, 0.29) is 0 Å². The van der Waals surface area contributed by atoms with Gasteiger partial charge < -0.3 is 5.32 Å². The van der Waals surface area contributed by atoms with Gasteiger partial charge in [0.2, 0.25) is 0 Å². The molecule has 1 heterocycles. The lowest BCUT2D eigenvalue weighted by Gasteiger charge is -2.13. The monoisotopic (exact) mass is 219 g/mol. The molecule has 0 spiro atoms. The topological polar surface area (TPSA) is 37.8 Å². The van der Waals surface area contributed by atoms with Crippen LogP contribution in [0, 0.1) is 5.41 Å². The molecule has 1 aromatic heterocycles. The van der Waals surface area contributed by atoms with E-state index in [1.807, 2.05) is 0 Å². The van der Waals surface area contributed by atoms with Crippen LogP contribution in [0.1, 0.15) is 45.2 Å². The van der Waals surface area contributed by atoms with E-state index in [0.717, 1.165) is 30.9 Å². The number of hydrogen-bond acceptors (Lipinski definition) is 3. The maximum absolute atomic E-state index is 4.26. The highest BCUT2D eigenvalue weighted by atomic mass is 15.0. The summed E-state index contributed by atoms with van der Waals surface area (Å²) in [6.45, 7) is 5.51. The second-order valence-electron chi connectivity index (χ2n) is 4.85. The number of aryl methyl sites for hydroxylation is 1. The first-order valence-corrected chi connectivity index (χ1v) is 6.33. The summed E-state index contributed by atoms with van der Waals surface area (Å²) >= 11 is 0. The van der Waals surface area contributed by atoms with Gasteiger partial charge in [-0.2, -0.15) is 0 Å². The summed E-state index contributed by atoms with van der Waals surface area (Å²) in [6.07, 6.45) is 7.84. The Bertz CT molecular complexity index is 345. The fourth-order valence-electron chi connectivity index (χ4n) is 2.00. The Balaban J connectivity index is 1.91. The molecule has 1 saturated carbocycles. The van der Waals surface area contributed by atoms with Crippen LogP contribution in [0.4, 0.5) is 5.82 Å². The Labute approximate surface area is 97.7 Å². The first kappa shape index (κ1) is 11.4. The van der Waals surface area contributed by atoms with Crippen molar-refractivity contribution in [3.8, 4) is 0 Å². The lowest BCUT2D eigenvalue weighted by Crippen LogP contribution is -2.15. The van der Waals surface area contributed by atoms with Crippen molar-refractivity contribution in [3.05, 3.63) is 18.1 Å². The summed E-state index contributed by atoms with van der Waals surface area (Å²) in [6, 6.07) is 2.08. The highest BCUT2D eigenvalue weighted by molar-refractivity contribution is 5.35. The summed E-state index contributed by atoms with van der Waals surface area (Å²) in [5.74, 6) is 0.984. The highest BCUT2D eigenvalue weighted by Crippen LogP contribution is 2.48. The summed E-state index contributed by atoms with van der Waals surface area (Å²) < 4.78 is 0. The van der Waals surface area contributed by atoms with Crippen molar-refractivity contribution in [1.29, 1.82) is 0 Å². The summed E-state index contributed by atoms with van der Waals surface area (Å²) in [7, 11) is 0. The number of hydrogen-bond donors (Lipinski definition) is 1. The van der Waals surface area contributed by atoms with E-state index in [1.165, 1.54) is 19.3 Å². The molecule has 1 N–H and O–H groups in total. The maximum Gasteiger partial charge on any atom is 0.129 e. The van der Waals surface area contributed by atoms with E-state index in [1.54, 1.807) is 6.33 Å². The average Bonchev–Trinajstić information content (AvgIpc) is 3.08. The molecular weight excluding hydrogens is 198 g/mol. The molecule has 1 aliphatic rings. The van der Waals surface area contributed by atoms with E-state index in [4.69, 9.17) is 0 Å². The number of nitrogens with zero attached hydrogens (tertiary/aromatic N) is 2. The zero-order valence-corrected chi connectivity index (χ0v) is 10.3. The zero-order valence-electron chi connectivity index (χ0n) is 10.3. The molecule has 1 aliphatic carbocycles. The minimum Gasteiger partial charge on any atom is -0.369 e. The van der Waals surface area contributed by atoms with Gasteiger partial charge in [0, 0.05) is 18.3 Å².